The van der Waals surface area contributed by atoms with Crippen molar-refractivity contribution in [2.75, 3.05) is 0 Å². The first-order valence-electron chi connectivity index (χ1n) is 6.94. The topological polar surface area (TPSA) is 20.2 Å². The highest BCUT2D eigenvalue weighted by molar-refractivity contribution is 6.30. The van der Waals surface area contributed by atoms with Gasteiger partial charge in [-0.15, -0.1) is 0 Å². The zero-order valence-corrected chi connectivity index (χ0v) is 12.5. The van der Waals surface area contributed by atoms with Crippen molar-refractivity contribution in [2.24, 2.45) is 0 Å². The molecule has 4 heteroatoms. The molecule has 0 aromatic heterocycles. The van der Waals surface area contributed by atoms with Gasteiger partial charge in [-0.1, -0.05) is 49.2 Å². The lowest BCUT2D eigenvalue weighted by Crippen LogP contribution is -2.04. The molecular formula is C17H17ClF2O. The molecule has 0 aliphatic rings. The van der Waals surface area contributed by atoms with Gasteiger partial charge in [-0.25, -0.2) is 8.78 Å². The predicted molar refractivity (Wildman–Crippen MR) is 80.5 cm³/mol. The van der Waals surface area contributed by atoms with Crippen LogP contribution in [0.1, 0.15) is 42.6 Å². The summed E-state index contributed by atoms with van der Waals surface area (Å²) in [6.45, 7) is 2.12. The van der Waals surface area contributed by atoms with Crippen molar-refractivity contribution in [2.45, 2.75) is 32.3 Å². The zero-order chi connectivity index (χ0) is 15.4. The summed E-state index contributed by atoms with van der Waals surface area (Å²) < 4.78 is 27.2. The molecule has 21 heavy (non-hydrogen) atoms. The molecule has 0 aliphatic carbocycles. The van der Waals surface area contributed by atoms with Gasteiger partial charge in [0.25, 0.3) is 0 Å². The largest absolute Gasteiger partial charge is 0.384 e. The van der Waals surface area contributed by atoms with Gasteiger partial charge in [0.1, 0.15) is 17.7 Å². The maximum absolute atomic E-state index is 13.8. The second-order valence-electron chi connectivity index (χ2n) is 5.04. The van der Waals surface area contributed by atoms with Crippen LogP contribution in [0.2, 0.25) is 5.02 Å². The van der Waals surface area contributed by atoms with E-state index in [-0.39, 0.29) is 10.6 Å². The Morgan fingerprint density at radius 1 is 1.10 bits per heavy atom. The van der Waals surface area contributed by atoms with Crippen LogP contribution in [0.4, 0.5) is 8.78 Å². The van der Waals surface area contributed by atoms with Crippen molar-refractivity contribution in [3.8, 4) is 0 Å². The van der Waals surface area contributed by atoms with Crippen molar-refractivity contribution in [3.63, 3.8) is 0 Å². The molecule has 2 rings (SSSR count). The normalized spacial score (nSPS) is 12.4. The highest BCUT2D eigenvalue weighted by Crippen LogP contribution is 2.28. The average molecular weight is 311 g/mol. The van der Waals surface area contributed by atoms with E-state index in [0.29, 0.717) is 5.56 Å². The van der Waals surface area contributed by atoms with Crippen LogP contribution < -0.4 is 0 Å². The van der Waals surface area contributed by atoms with E-state index in [1.54, 1.807) is 12.1 Å². The number of rotatable bonds is 5. The van der Waals surface area contributed by atoms with Gasteiger partial charge in [-0.05, 0) is 36.1 Å². The van der Waals surface area contributed by atoms with Gasteiger partial charge in [-0.2, -0.15) is 0 Å². The lowest BCUT2D eigenvalue weighted by Gasteiger charge is -2.13. The highest BCUT2D eigenvalue weighted by Gasteiger charge is 2.17. The molecule has 0 saturated carbocycles. The highest BCUT2D eigenvalue weighted by atomic mass is 35.5. The van der Waals surface area contributed by atoms with Gasteiger partial charge in [0, 0.05) is 5.56 Å². The standard InChI is InChI=1S/C17H17ClF2O/c1-2-3-4-11-5-7-12(8-6-11)17(21)13-9-16(20)14(18)10-15(13)19/h5-10,17,21H,2-4H2,1H3. The third-order valence-electron chi connectivity index (χ3n) is 3.45. The number of aryl methyl sites for hydroxylation is 1. The lowest BCUT2D eigenvalue weighted by atomic mass is 9.98. The Labute approximate surface area is 128 Å². The number of aliphatic hydroxyl groups excluding tert-OH is 1. The minimum Gasteiger partial charge on any atom is -0.384 e. The summed E-state index contributed by atoms with van der Waals surface area (Å²) in [6, 6.07) is 9.10. The number of halogens is 3. The monoisotopic (exact) mass is 310 g/mol. The molecule has 1 unspecified atom stereocenters. The van der Waals surface area contributed by atoms with Crippen LogP contribution in [0.25, 0.3) is 0 Å². The predicted octanol–water partition coefficient (Wildman–Crippen LogP) is 5.04. The fourth-order valence-corrected chi connectivity index (χ4v) is 2.32. The van der Waals surface area contributed by atoms with Crippen molar-refractivity contribution in [3.05, 3.63) is 69.7 Å². The molecule has 1 N–H and O–H groups in total. The quantitative estimate of drug-likeness (QED) is 0.767. The molecule has 2 aromatic rings. The SMILES string of the molecule is CCCCc1ccc(C(O)c2cc(F)c(Cl)cc2F)cc1. The van der Waals surface area contributed by atoms with E-state index in [4.69, 9.17) is 11.6 Å². The number of unbranched alkanes of at least 4 members (excludes halogenated alkanes) is 1. The van der Waals surface area contributed by atoms with E-state index < -0.39 is 17.7 Å². The fraction of sp³-hybridized carbons (Fsp3) is 0.294. The minimum atomic E-state index is -1.21. The van der Waals surface area contributed by atoms with Gasteiger partial charge in [0.05, 0.1) is 5.02 Å². The Bertz CT molecular complexity index is 611. The first-order chi connectivity index (χ1) is 10.0. The fourth-order valence-electron chi connectivity index (χ4n) is 2.17. The van der Waals surface area contributed by atoms with Crippen LogP contribution in [0.5, 0.6) is 0 Å². The molecule has 112 valence electrons. The van der Waals surface area contributed by atoms with Gasteiger partial charge in [0.2, 0.25) is 0 Å². The third kappa shape index (κ3) is 3.80. The Kier molecular flexibility index (Phi) is 5.32. The lowest BCUT2D eigenvalue weighted by molar-refractivity contribution is 0.214. The van der Waals surface area contributed by atoms with Crippen LogP contribution in [0, 0.1) is 11.6 Å². The Hall–Kier alpha value is -1.45. The van der Waals surface area contributed by atoms with Crippen LogP contribution in [0.15, 0.2) is 36.4 Å². The second kappa shape index (κ2) is 7.01. The summed E-state index contributed by atoms with van der Waals surface area (Å²) in [5.41, 5.74) is 1.57. The zero-order valence-electron chi connectivity index (χ0n) is 11.7. The number of hydrogen-bond acceptors (Lipinski definition) is 1. The number of aliphatic hydroxyl groups is 1. The maximum atomic E-state index is 13.8. The summed E-state index contributed by atoms with van der Waals surface area (Å²) in [6.07, 6.45) is 1.96. The molecule has 1 nitrogen and oxygen atoms in total. The van der Waals surface area contributed by atoms with Crippen LogP contribution in [-0.4, -0.2) is 5.11 Å². The summed E-state index contributed by atoms with van der Waals surface area (Å²) in [4.78, 5) is 0. The van der Waals surface area contributed by atoms with E-state index in [0.717, 1.165) is 37.0 Å². The first kappa shape index (κ1) is 15.9. The molecule has 0 saturated heterocycles. The maximum Gasteiger partial charge on any atom is 0.142 e. The van der Waals surface area contributed by atoms with Crippen molar-refractivity contribution in [1.29, 1.82) is 0 Å². The molecule has 2 aromatic carbocycles. The van der Waals surface area contributed by atoms with Gasteiger partial charge in [0.15, 0.2) is 0 Å². The molecule has 0 amide bonds. The van der Waals surface area contributed by atoms with Gasteiger partial charge < -0.3 is 5.11 Å². The molecule has 0 fully saturated rings. The van der Waals surface area contributed by atoms with E-state index in [1.165, 1.54) is 0 Å². The van der Waals surface area contributed by atoms with Crippen LogP contribution in [0.3, 0.4) is 0 Å². The molecule has 0 bridgehead atoms. The second-order valence-corrected chi connectivity index (χ2v) is 5.44. The summed E-state index contributed by atoms with van der Waals surface area (Å²) in [5.74, 6) is -1.46. The van der Waals surface area contributed by atoms with Crippen molar-refractivity contribution in [1.82, 2.24) is 0 Å². The van der Waals surface area contributed by atoms with E-state index >= 15 is 0 Å². The Morgan fingerprint density at radius 2 is 1.76 bits per heavy atom. The summed E-state index contributed by atoms with van der Waals surface area (Å²) >= 11 is 5.51. The number of hydrogen-bond donors (Lipinski definition) is 1. The van der Waals surface area contributed by atoms with Crippen LogP contribution in [-0.2, 0) is 6.42 Å². The van der Waals surface area contributed by atoms with Crippen LogP contribution >= 0.6 is 11.6 Å². The Balaban J connectivity index is 2.23. The average Bonchev–Trinajstić information content (AvgIpc) is 2.48. The molecule has 0 aliphatic heterocycles. The molecular weight excluding hydrogens is 294 g/mol. The molecule has 0 heterocycles. The van der Waals surface area contributed by atoms with E-state index in [2.05, 4.69) is 6.92 Å². The molecule has 0 spiro atoms. The van der Waals surface area contributed by atoms with E-state index in [9.17, 15) is 13.9 Å². The van der Waals surface area contributed by atoms with Gasteiger partial charge in [-0.3, -0.25) is 0 Å². The summed E-state index contributed by atoms with van der Waals surface area (Å²) in [7, 11) is 0. The minimum absolute atomic E-state index is 0.113. The smallest absolute Gasteiger partial charge is 0.142 e. The molecule has 0 radical (unpaired) electrons. The molecule has 1 atom stereocenters. The first-order valence-corrected chi connectivity index (χ1v) is 7.32. The van der Waals surface area contributed by atoms with Gasteiger partial charge >= 0.3 is 0 Å². The van der Waals surface area contributed by atoms with Crippen molar-refractivity contribution < 1.29 is 13.9 Å². The van der Waals surface area contributed by atoms with E-state index in [1.807, 2.05) is 12.1 Å². The van der Waals surface area contributed by atoms with Crippen molar-refractivity contribution >= 4 is 11.6 Å². The Morgan fingerprint density at radius 3 is 2.38 bits per heavy atom. The number of benzene rings is 2. The summed E-state index contributed by atoms with van der Waals surface area (Å²) in [5, 5.41) is 9.91. The third-order valence-corrected chi connectivity index (χ3v) is 3.74.